The number of aliphatic hydroxyl groups is 1. The second kappa shape index (κ2) is 9.06. The first kappa shape index (κ1) is 17.1. The molecule has 0 fully saturated rings. The molecule has 1 aromatic rings. The third kappa shape index (κ3) is 7.40. The first-order valence-corrected chi connectivity index (χ1v) is 7.08. The van der Waals surface area contributed by atoms with Gasteiger partial charge in [-0.25, -0.2) is 9.48 Å². The quantitative estimate of drug-likeness (QED) is 0.629. The van der Waals surface area contributed by atoms with Gasteiger partial charge in [0.15, 0.2) is 0 Å². The van der Waals surface area contributed by atoms with E-state index in [1.165, 1.54) is 4.68 Å². The van der Waals surface area contributed by atoms with Crippen LogP contribution in [0.2, 0.25) is 0 Å². The molecule has 0 atom stereocenters. The van der Waals surface area contributed by atoms with Gasteiger partial charge in [0.2, 0.25) is 5.91 Å². The molecule has 21 heavy (non-hydrogen) atoms. The van der Waals surface area contributed by atoms with Gasteiger partial charge >= 0.3 is 6.03 Å². The summed E-state index contributed by atoms with van der Waals surface area (Å²) in [7, 11) is 0. The van der Waals surface area contributed by atoms with Crippen LogP contribution in [0.1, 0.15) is 32.4 Å². The Morgan fingerprint density at radius 2 is 2.19 bits per heavy atom. The van der Waals surface area contributed by atoms with E-state index < -0.39 is 11.9 Å². The maximum Gasteiger partial charge on any atom is 0.321 e. The average molecular weight is 297 g/mol. The van der Waals surface area contributed by atoms with Crippen molar-refractivity contribution in [1.29, 1.82) is 0 Å². The monoisotopic (exact) mass is 297 g/mol. The lowest BCUT2D eigenvalue weighted by molar-refractivity contribution is -0.120. The van der Waals surface area contributed by atoms with Crippen LogP contribution in [0.5, 0.6) is 0 Å². The van der Waals surface area contributed by atoms with Crippen molar-refractivity contribution in [3.8, 4) is 0 Å². The minimum atomic E-state index is -0.499. The van der Waals surface area contributed by atoms with E-state index in [1.54, 1.807) is 6.20 Å². The van der Waals surface area contributed by atoms with Crippen LogP contribution in [0.15, 0.2) is 6.20 Å². The maximum atomic E-state index is 11.6. The summed E-state index contributed by atoms with van der Waals surface area (Å²) in [6.45, 7) is 4.67. The van der Waals surface area contributed by atoms with Crippen molar-refractivity contribution in [2.24, 2.45) is 5.92 Å². The van der Waals surface area contributed by atoms with Crippen LogP contribution in [0, 0.1) is 5.92 Å². The van der Waals surface area contributed by atoms with E-state index in [9.17, 15) is 9.59 Å². The van der Waals surface area contributed by atoms with Crippen molar-refractivity contribution in [3.63, 3.8) is 0 Å². The van der Waals surface area contributed by atoms with Crippen LogP contribution in [0.4, 0.5) is 4.79 Å². The standard InChI is InChI=1S/C13H23N5O3/c1-10(2)5-6-14-13(21)15-12(20)9-18-8-11(16-17-18)4-3-7-19/h8,10,19H,3-7,9H2,1-2H3,(H2,14,15,20,21). The topological polar surface area (TPSA) is 109 Å². The number of hydrogen-bond donors (Lipinski definition) is 3. The van der Waals surface area contributed by atoms with Gasteiger partial charge in [-0.1, -0.05) is 19.1 Å². The number of aliphatic hydroxyl groups excluding tert-OH is 1. The van der Waals surface area contributed by atoms with E-state index in [0.717, 1.165) is 6.42 Å². The Morgan fingerprint density at radius 1 is 1.43 bits per heavy atom. The summed E-state index contributed by atoms with van der Waals surface area (Å²) >= 11 is 0. The van der Waals surface area contributed by atoms with Crippen LogP contribution >= 0.6 is 0 Å². The molecule has 0 aliphatic rings. The lowest BCUT2D eigenvalue weighted by Gasteiger charge is -2.07. The number of urea groups is 1. The van der Waals surface area contributed by atoms with Gasteiger partial charge in [0.05, 0.1) is 5.69 Å². The summed E-state index contributed by atoms with van der Waals surface area (Å²) in [6, 6.07) is -0.499. The number of carbonyl (C=O) groups excluding carboxylic acids is 2. The van der Waals surface area contributed by atoms with Crippen molar-refractivity contribution in [2.75, 3.05) is 13.2 Å². The molecule has 3 N–H and O–H groups in total. The van der Waals surface area contributed by atoms with Crippen LogP contribution < -0.4 is 10.6 Å². The van der Waals surface area contributed by atoms with Gasteiger partial charge in [0.1, 0.15) is 6.54 Å². The Hall–Kier alpha value is -1.96. The van der Waals surface area contributed by atoms with Gasteiger partial charge in [-0.15, -0.1) is 5.10 Å². The van der Waals surface area contributed by atoms with Crippen molar-refractivity contribution in [1.82, 2.24) is 25.6 Å². The third-order valence-corrected chi connectivity index (χ3v) is 2.74. The highest BCUT2D eigenvalue weighted by molar-refractivity contribution is 5.94. The Balaban J connectivity index is 2.29. The highest BCUT2D eigenvalue weighted by Gasteiger charge is 2.09. The molecule has 0 aliphatic heterocycles. The molecule has 0 unspecified atom stereocenters. The van der Waals surface area contributed by atoms with Gasteiger partial charge in [-0.2, -0.15) is 0 Å². The molecule has 3 amide bonds. The lowest BCUT2D eigenvalue weighted by atomic mass is 10.1. The first-order chi connectivity index (χ1) is 10.0. The summed E-state index contributed by atoms with van der Waals surface area (Å²) in [6.07, 6.45) is 3.70. The fourth-order valence-electron chi connectivity index (χ4n) is 1.62. The summed E-state index contributed by atoms with van der Waals surface area (Å²) in [5.74, 6) is 0.0455. The Kier molecular flexibility index (Phi) is 7.38. The smallest absolute Gasteiger partial charge is 0.321 e. The first-order valence-electron chi connectivity index (χ1n) is 7.08. The van der Waals surface area contributed by atoms with Crippen LogP contribution in [-0.2, 0) is 17.8 Å². The van der Waals surface area contributed by atoms with Crippen molar-refractivity contribution in [2.45, 2.75) is 39.7 Å². The molecule has 1 aromatic heterocycles. The van der Waals surface area contributed by atoms with E-state index >= 15 is 0 Å². The van der Waals surface area contributed by atoms with Crippen molar-refractivity contribution < 1.29 is 14.7 Å². The molecule has 0 saturated heterocycles. The van der Waals surface area contributed by atoms with Crippen LogP contribution in [-0.4, -0.2) is 45.2 Å². The largest absolute Gasteiger partial charge is 0.396 e. The van der Waals surface area contributed by atoms with E-state index in [-0.39, 0.29) is 13.2 Å². The molecule has 0 bridgehead atoms. The minimum Gasteiger partial charge on any atom is -0.396 e. The van der Waals surface area contributed by atoms with Crippen molar-refractivity contribution in [3.05, 3.63) is 11.9 Å². The number of rotatable bonds is 8. The van der Waals surface area contributed by atoms with E-state index in [2.05, 4.69) is 34.8 Å². The van der Waals surface area contributed by atoms with Gasteiger partial charge in [0.25, 0.3) is 0 Å². The zero-order chi connectivity index (χ0) is 15.7. The second-order valence-corrected chi connectivity index (χ2v) is 5.22. The molecule has 0 saturated carbocycles. The summed E-state index contributed by atoms with van der Waals surface area (Å²) in [5, 5.41) is 21.2. The van der Waals surface area contributed by atoms with Gasteiger partial charge in [-0.3, -0.25) is 10.1 Å². The lowest BCUT2D eigenvalue weighted by Crippen LogP contribution is -2.41. The second-order valence-electron chi connectivity index (χ2n) is 5.22. The number of imide groups is 1. The van der Waals surface area contributed by atoms with Crippen LogP contribution in [0.3, 0.4) is 0 Å². The molecular weight excluding hydrogens is 274 g/mol. The molecule has 118 valence electrons. The Morgan fingerprint density at radius 3 is 2.86 bits per heavy atom. The Labute approximate surface area is 123 Å². The number of aryl methyl sites for hydroxylation is 1. The molecule has 1 rings (SSSR count). The fraction of sp³-hybridized carbons (Fsp3) is 0.692. The zero-order valence-corrected chi connectivity index (χ0v) is 12.5. The normalized spacial score (nSPS) is 10.7. The van der Waals surface area contributed by atoms with Gasteiger partial charge in [0, 0.05) is 19.3 Å². The van der Waals surface area contributed by atoms with E-state index in [0.29, 0.717) is 31.0 Å². The Bertz CT molecular complexity index is 458. The molecule has 1 heterocycles. The zero-order valence-electron chi connectivity index (χ0n) is 12.5. The number of nitrogens with one attached hydrogen (secondary N) is 2. The highest BCUT2D eigenvalue weighted by Crippen LogP contribution is 1.98. The number of aromatic nitrogens is 3. The minimum absolute atomic E-state index is 0.0657. The summed E-state index contributed by atoms with van der Waals surface area (Å²) in [5.41, 5.74) is 0.707. The third-order valence-electron chi connectivity index (χ3n) is 2.74. The number of amides is 3. The maximum absolute atomic E-state index is 11.6. The van der Waals surface area contributed by atoms with Crippen molar-refractivity contribution >= 4 is 11.9 Å². The predicted octanol–water partition coefficient (Wildman–Crippen LogP) is 0.0749. The molecular formula is C13H23N5O3. The number of hydrogen-bond acceptors (Lipinski definition) is 5. The van der Waals surface area contributed by atoms with Crippen LogP contribution in [0.25, 0.3) is 0 Å². The van der Waals surface area contributed by atoms with Gasteiger partial charge in [-0.05, 0) is 25.2 Å². The molecule has 8 heteroatoms. The SMILES string of the molecule is CC(C)CCNC(=O)NC(=O)Cn1cc(CCCO)nn1. The fourth-order valence-corrected chi connectivity index (χ4v) is 1.62. The predicted molar refractivity (Wildman–Crippen MR) is 76.4 cm³/mol. The average Bonchev–Trinajstić information content (AvgIpc) is 2.83. The molecule has 8 nitrogen and oxygen atoms in total. The van der Waals surface area contributed by atoms with Gasteiger partial charge < -0.3 is 10.4 Å². The molecule has 0 spiro atoms. The highest BCUT2D eigenvalue weighted by atomic mass is 16.3. The summed E-state index contributed by atoms with van der Waals surface area (Å²) in [4.78, 5) is 23.1. The van der Waals surface area contributed by atoms with E-state index in [1.807, 2.05) is 0 Å². The molecule has 0 radical (unpaired) electrons. The molecule has 0 aromatic carbocycles. The molecule has 0 aliphatic carbocycles. The van der Waals surface area contributed by atoms with E-state index in [4.69, 9.17) is 5.11 Å². The number of nitrogens with zero attached hydrogens (tertiary/aromatic N) is 3. The number of carbonyl (C=O) groups is 2. The summed E-state index contributed by atoms with van der Waals surface area (Å²) < 4.78 is 1.36.